The fourth-order valence-electron chi connectivity index (χ4n) is 3.85. The van der Waals surface area contributed by atoms with Crippen molar-refractivity contribution in [2.24, 2.45) is 0 Å². The highest BCUT2D eigenvalue weighted by Gasteiger charge is 2.43. The summed E-state index contributed by atoms with van der Waals surface area (Å²) >= 11 is 0. The van der Waals surface area contributed by atoms with Gasteiger partial charge in [-0.3, -0.25) is 0 Å². The van der Waals surface area contributed by atoms with Crippen LogP contribution in [0.25, 0.3) is 5.69 Å². The fraction of sp³-hybridized carbons (Fsp3) is 0.350. The first-order chi connectivity index (χ1) is 15.6. The number of ether oxygens (including phenoxy) is 3. The highest BCUT2D eigenvalue weighted by Crippen LogP contribution is 2.42. The van der Waals surface area contributed by atoms with Crippen molar-refractivity contribution in [3.63, 3.8) is 0 Å². The predicted octanol–water partition coefficient (Wildman–Crippen LogP) is 3.95. The number of hydrogen-bond acceptors (Lipinski definition) is 7. The molecule has 3 aromatic rings. The van der Waals surface area contributed by atoms with E-state index >= 15 is 0 Å². The van der Waals surface area contributed by atoms with E-state index in [0.717, 1.165) is 4.68 Å². The molecular weight excluding hydrogens is 455 g/mol. The normalized spacial score (nSPS) is 18.8. The van der Waals surface area contributed by atoms with Gasteiger partial charge in [-0.1, -0.05) is 6.07 Å². The first-order valence-corrected chi connectivity index (χ1v) is 9.82. The van der Waals surface area contributed by atoms with Gasteiger partial charge in [-0.05, 0) is 37.0 Å². The minimum absolute atomic E-state index is 0.0430. The highest BCUT2D eigenvalue weighted by molar-refractivity contribution is 5.45. The van der Waals surface area contributed by atoms with E-state index in [-0.39, 0.29) is 47.4 Å². The van der Waals surface area contributed by atoms with Crippen molar-refractivity contribution in [1.82, 2.24) is 20.0 Å². The Morgan fingerprint density at radius 2 is 1.97 bits per heavy atom. The molecule has 0 fully saturated rings. The summed E-state index contributed by atoms with van der Waals surface area (Å²) in [6.07, 6.45) is -7.47. The van der Waals surface area contributed by atoms with Crippen molar-refractivity contribution < 1.29 is 41.3 Å². The topological polar surface area (TPSA) is 91.5 Å². The Hall–Kier alpha value is -3.48. The Kier molecular flexibility index (Phi) is 4.88. The van der Waals surface area contributed by atoms with E-state index in [1.807, 2.05) is 0 Å². The number of nitrogens with zero attached hydrogens (tertiary/aromatic N) is 4. The van der Waals surface area contributed by atoms with Gasteiger partial charge in [-0.2, -0.15) is 23.4 Å². The zero-order valence-corrected chi connectivity index (χ0v) is 16.6. The van der Waals surface area contributed by atoms with Gasteiger partial charge >= 0.3 is 12.5 Å². The summed E-state index contributed by atoms with van der Waals surface area (Å²) in [5, 5.41) is 21.6. The maximum atomic E-state index is 13.5. The number of aromatic nitrogens is 4. The largest absolute Gasteiger partial charge is 0.586 e. The molecule has 1 atom stereocenters. The maximum Gasteiger partial charge on any atom is 0.586 e. The van der Waals surface area contributed by atoms with Crippen molar-refractivity contribution >= 4 is 0 Å². The van der Waals surface area contributed by atoms with Gasteiger partial charge in [0.1, 0.15) is 6.61 Å². The van der Waals surface area contributed by atoms with Gasteiger partial charge in [-0.15, -0.1) is 13.9 Å². The molecule has 0 bridgehead atoms. The Labute approximate surface area is 182 Å². The third kappa shape index (κ3) is 4.03. The predicted molar refractivity (Wildman–Crippen MR) is 99.0 cm³/mol. The quantitative estimate of drug-likeness (QED) is 0.578. The number of halogens is 5. The Morgan fingerprint density at radius 1 is 1.18 bits per heavy atom. The number of aliphatic hydroxyl groups is 1. The lowest BCUT2D eigenvalue weighted by molar-refractivity contribution is -0.286. The molecule has 2 aliphatic rings. The number of aliphatic hydroxyl groups excluding tert-OH is 1. The van der Waals surface area contributed by atoms with Crippen molar-refractivity contribution in [3.05, 3.63) is 53.0 Å². The van der Waals surface area contributed by atoms with Crippen molar-refractivity contribution in [1.29, 1.82) is 0 Å². The molecule has 13 heteroatoms. The molecule has 33 heavy (non-hydrogen) atoms. The highest BCUT2D eigenvalue weighted by atomic mass is 19.4. The molecule has 8 nitrogen and oxygen atoms in total. The molecule has 1 aliphatic heterocycles. The zero-order chi connectivity index (χ0) is 23.4. The third-order valence-corrected chi connectivity index (χ3v) is 5.23. The zero-order valence-electron chi connectivity index (χ0n) is 16.6. The lowest BCUT2D eigenvalue weighted by Gasteiger charge is -2.20. The van der Waals surface area contributed by atoms with E-state index in [0.29, 0.717) is 18.4 Å². The summed E-state index contributed by atoms with van der Waals surface area (Å²) in [4.78, 5) is 0. The molecule has 1 aromatic carbocycles. The molecule has 1 aliphatic carbocycles. The molecule has 0 saturated heterocycles. The minimum atomic E-state index is -4.68. The second kappa shape index (κ2) is 7.54. The molecule has 2 aromatic heterocycles. The lowest BCUT2D eigenvalue weighted by Crippen LogP contribution is -2.25. The van der Waals surface area contributed by atoms with E-state index in [1.165, 1.54) is 30.5 Å². The molecule has 0 saturated carbocycles. The number of fused-ring (bicyclic) bond motifs is 2. The maximum absolute atomic E-state index is 13.5. The van der Waals surface area contributed by atoms with Gasteiger partial charge in [-0.25, -0.2) is 4.68 Å². The van der Waals surface area contributed by atoms with Crippen LogP contribution in [0.3, 0.4) is 0 Å². The van der Waals surface area contributed by atoms with Crippen LogP contribution < -0.4 is 14.2 Å². The van der Waals surface area contributed by atoms with Gasteiger partial charge in [0.15, 0.2) is 17.2 Å². The molecule has 174 valence electrons. The van der Waals surface area contributed by atoms with Crippen LogP contribution in [0.1, 0.15) is 41.5 Å². The third-order valence-electron chi connectivity index (χ3n) is 5.23. The van der Waals surface area contributed by atoms with Crippen LogP contribution in [0.4, 0.5) is 22.0 Å². The standard InChI is InChI=1S/C20H15F5N4O4/c21-19(22,23)18-12-2-1-3-13(30)17(12)29(28-18)11-7-16(27-26-8-11)31-9-10-4-5-14-15(6-10)33-20(24,25)32-14/h4-8,13,30H,1-3,9H2. The monoisotopic (exact) mass is 470 g/mol. The summed E-state index contributed by atoms with van der Waals surface area (Å²) in [7, 11) is 0. The second-order valence-electron chi connectivity index (χ2n) is 7.52. The molecular formula is C20H15F5N4O4. The lowest BCUT2D eigenvalue weighted by atomic mass is 9.93. The second-order valence-corrected chi connectivity index (χ2v) is 7.52. The van der Waals surface area contributed by atoms with Crippen molar-refractivity contribution in [2.75, 3.05) is 0 Å². The van der Waals surface area contributed by atoms with E-state index in [2.05, 4.69) is 24.8 Å². The Morgan fingerprint density at radius 3 is 2.76 bits per heavy atom. The van der Waals surface area contributed by atoms with Crippen molar-refractivity contribution in [2.45, 2.75) is 44.4 Å². The van der Waals surface area contributed by atoms with E-state index in [4.69, 9.17) is 4.74 Å². The van der Waals surface area contributed by atoms with Crippen LogP contribution in [-0.2, 0) is 19.2 Å². The summed E-state index contributed by atoms with van der Waals surface area (Å²) in [5.74, 6) is -0.315. The first kappa shape index (κ1) is 21.4. The number of alkyl halides is 5. The molecule has 0 radical (unpaired) electrons. The summed E-state index contributed by atoms with van der Waals surface area (Å²) < 4.78 is 82.0. The number of hydrogen-bond donors (Lipinski definition) is 1. The molecule has 0 spiro atoms. The van der Waals surface area contributed by atoms with Gasteiger partial charge in [0.05, 0.1) is 23.7 Å². The van der Waals surface area contributed by atoms with Gasteiger partial charge in [0.25, 0.3) is 0 Å². The van der Waals surface area contributed by atoms with E-state index in [1.54, 1.807) is 0 Å². The molecule has 3 heterocycles. The summed E-state index contributed by atoms with van der Waals surface area (Å²) in [5.41, 5.74) is -0.457. The summed E-state index contributed by atoms with van der Waals surface area (Å²) in [6.45, 7) is -0.117. The average Bonchev–Trinajstić information content (AvgIpc) is 3.29. The van der Waals surface area contributed by atoms with Crippen molar-refractivity contribution in [3.8, 4) is 23.1 Å². The molecule has 0 amide bonds. The van der Waals surface area contributed by atoms with Crippen LogP contribution >= 0.6 is 0 Å². The summed E-state index contributed by atoms with van der Waals surface area (Å²) in [6, 6.07) is 5.41. The van der Waals surface area contributed by atoms with E-state index in [9.17, 15) is 27.1 Å². The Balaban J connectivity index is 1.40. The van der Waals surface area contributed by atoms with Crippen LogP contribution in [0, 0.1) is 0 Å². The minimum Gasteiger partial charge on any atom is -0.472 e. The van der Waals surface area contributed by atoms with E-state index < -0.39 is 24.3 Å². The van der Waals surface area contributed by atoms with Crippen LogP contribution in [0.15, 0.2) is 30.5 Å². The van der Waals surface area contributed by atoms with Gasteiger partial charge < -0.3 is 19.3 Å². The first-order valence-electron chi connectivity index (χ1n) is 9.82. The molecule has 5 rings (SSSR count). The SMILES string of the molecule is OC1CCCc2c(C(F)(F)F)nn(-c3cnnc(OCc4ccc5c(c4)OC(F)(F)O5)c3)c21. The smallest absolute Gasteiger partial charge is 0.472 e. The van der Waals surface area contributed by atoms with Gasteiger partial charge in [0, 0.05) is 11.6 Å². The molecule has 1 unspecified atom stereocenters. The molecule has 1 N–H and O–H groups in total. The number of benzene rings is 1. The Bertz CT molecular complexity index is 1210. The van der Waals surface area contributed by atoms with Crippen LogP contribution in [0.5, 0.6) is 17.4 Å². The van der Waals surface area contributed by atoms with Crippen LogP contribution in [0.2, 0.25) is 0 Å². The fourth-order valence-corrected chi connectivity index (χ4v) is 3.85. The number of rotatable bonds is 4. The van der Waals surface area contributed by atoms with Gasteiger partial charge in [0.2, 0.25) is 5.88 Å². The average molecular weight is 470 g/mol. The van der Waals surface area contributed by atoms with Crippen LogP contribution in [-0.4, -0.2) is 31.4 Å².